The minimum atomic E-state index is -0.445. The molecule has 1 aromatic rings. The third-order valence-electron chi connectivity index (χ3n) is 3.31. The second-order valence-electron chi connectivity index (χ2n) is 4.84. The Kier molecular flexibility index (Phi) is 5.17. The summed E-state index contributed by atoms with van der Waals surface area (Å²) in [7, 11) is 0. The topological polar surface area (TPSA) is 73.6 Å². The number of hydrogen-bond donors (Lipinski definition) is 1. The van der Waals surface area contributed by atoms with E-state index in [0.29, 0.717) is 24.9 Å². The molecule has 0 bridgehead atoms. The lowest BCUT2D eigenvalue weighted by molar-refractivity contribution is -0.385. The molecule has 6 nitrogen and oxygen atoms in total. The molecule has 1 aliphatic heterocycles. The van der Waals surface area contributed by atoms with Gasteiger partial charge in [-0.25, -0.2) is 0 Å². The lowest BCUT2D eigenvalue weighted by atomic mass is 10.0. The van der Waals surface area contributed by atoms with Gasteiger partial charge in [0, 0.05) is 24.6 Å². The number of rotatable bonds is 6. The number of nitrogens with zero attached hydrogens (tertiary/aromatic N) is 1. The molecule has 1 heterocycles. The zero-order valence-corrected chi connectivity index (χ0v) is 11.6. The Morgan fingerprint density at radius 3 is 2.95 bits per heavy atom. The molecule has 110 valence electrons. The summed E-state index contributed by atoms with van der Waals surface area (Å²) >= 11 is 0. The number of ether oxygens (including phenoxy) is 2. The van der Waals surface area contributed by atoms with Gasteiger partial charge in [-0.2, -0.15) is 0 Å². The average Bonchev–Trinajstić information content (AvgIpc) is 2.46. The van der Waals surface area contributed by atoms with Crippen LogP contribution in [-0.2, 0) is 0 Å². The van der Waals surface area contributed by atoms with E-state index in [1.165, 1.54) is 12.5 Å². The van der Waals surface area contributed by atoms with Crippen molar-refractivity contribution in [1.29, 1.82) is 0 Å². The fourth-order valence-electron chi connectivity index (χ4n) is 2.29. The third kappa shape index (κ3) is 3.84. The van der Waals surface area contributed by atoms with Crippen LogP contribution in [0.3, 0.4) is 0 Å². The van der Waals surface area contributed by atoms with Gasteiger partial charge in [0.15, 0.2) is 0 Å². The number of nitro benzene ring substituents is 1. The molecule has 1 aromatic carbocycles. The largest absolute Gasteiger partial charge is 0.493 e. The predicted octanol–water partition coefficient (Wildman–Crippen LogP) is 2.37. The Labute approximate surface area is 118 Å². The summed E-state index contributed by atoms with van der Waals surface area (Å²) in [5.74, 6) is 1.37. The van der Waals surface area contributed by atoms with Crippen molar-refractivity contribution in [3.05, 3.63) is 28.3 Å². The maximum atomic E-state index is 10.9. The highest BCUT2D eigenvalue weighted by Gasteiger charge is 2.17. The van der Waals surface area contributed by atoms with E-state index in [0.717, 1.165) is 19.5 Å². The first-order valence-corrected chi connectivity index (χ1v) is 6.95. The SMILES string of the molecule is CCOc1cc(OCC2CCCNC2)ccc1[N+](=O)[O-]. The van der Waals surface area contributed by atoms with Crippen LogP contribution >= 0.6 is 0 Å². The van der Waals surface area contributed by atoms with E-state index >= 15 is 0 Å². The molecule has 0 amide bonds. The summed E-state index contributed by atoms with van der Waals surface area (Å²) in [6, 6.07) is 4.65. The molecular weight excluding hydrogens is 260 g/mol. The van der Waals surface area contributed by atoms with Gasteiger partial charge in [0.25, 0.3) is 0 Å². The monoisotopic (exact) mass is 280 g/mol. The molecule has 0 aliphatic carbocycles. The molecule has 0 saturated carbocycles. The van der Waals surface area contributed by atoms with E-state index in [4.69, 9.17) is 9.47 Å². The van der Waals surface area contributed by atoms with Crippen LogP contribution in [0.2, 0.25) is 0 Å². The fourth-order valence-corrected chi connectivity index (χ4v) is 2.29. The first-order valence-electron chi connectivity index (χ1n) is 6.95. The zero-order chi connectivity index (χ0) is 14.4. The molecule has 2 rings (SSSR count). The van der Waals surface area contributed by atoms with Gasteiger partial charge in [0.05, 0.1) is 18.1 Å². The maximum absolute atomic E-state index is 10.9. The number of nitrogens with one attached hydrogen (secondary N) is 1. The van der Waals surface area contributed by atoms with E-state index in [9.17, 15) is 10.1 Å². The van der Waals surface area contributed by atoms with E-state index in [-0.39, 0.29) is 11.4 Å². The van der Waals surface area contributed by atoms with Crippen molar-refractivity contribution in [3.63, 3.8) is 0 Å². The first-order chi connectivity index (χ1) is 9.70. The third-order valence-corrected chi connectivity index (χ3v) is 3.31. The predicted molar refractivity (Wildman–Crippen MR) is 75.4 cm³/mol. The van der Waals surface area contributed by atoms with Crippen LogP contribution in [0.5, 0.6) is 11.5 Å². The Hall–Kier alpha value is -1.82. The van der Waals surface area contributed by atoms with Gasteiger partial charge in [-0.05, 0) is 32.4 Å². The Morgan fingerprint density at radius 2 is 2.30 bits per heavy atom. The minimum absolute atomic E-state index is 0.0291. The van der Waals surface area contributed by atoms with Gasteiger partial charge in [0.2, 0.25) is 5.75 Å². The summed E-state index contributed by atoms with van der Waals surface area (Å²) in [5.41, 5.74) is -0.0291. The summed E-state index contributed by atoms with van der Waals surface area (Å²) in [5, 5.41) is 14.2. The first kappa shape index (κ1) is 14.6. The smallest absolute Gasteiger partial charge is 0.311 e. The highest BCUT2D eigenvalue weighted by molar-refractivity contribution is 5.50. The molecule has 1 saturated heterocycles. The maximum Gasteiger partial charge on any atom is 0.311 e. The normalized spacial score (nSPS) is 18.6. The number of piperidine rings is 1. The van der Waals surface area contributed by atoms with E-state index in [1.807, 2.05) is 0 Å². The number of hydrogen-bond acceptors (Lipinski definition) is 5. The van der Waals surface area contributed by atoms with Gasteiger partial charge >= 0.3 is 5.69 Å². The lowest BCUT2D eigenvalue weighted by Crippen LogP contribution is -2.33. The van der Waals surface area contributed by atoms with Crippen LogP contribution in [0, 0.1) is 16.0 Å². The molecule has 20 heavy (non-hydrogen) atoms. The average molecular weight is 280 g/mol. The summed E-state index contributed by atoms with van der Waals surface area (Å²) in [6.07, 6.45) is 2.32. The molecular formula is C14H20N2O4. The molecule has 1 N–H and O–H groups in total. The standard InChI is InChI=1S/C14H20N2O4/c1-2-19-14-8-12(5-6-13(14)16(17)18)20-10-11-4-3-7-15-9-11/h5-6,8,11,15H,2-4,7,9-10H2,1H3. The van der Waals surface area contributed by atoms with Crippen LogP contribution in [0.1, 0.15) is 19.8 Å². The van der Waals surface area contributed by atoms with Crippen molar-refractivity contribution >= 4 is 5.69 Å². The number of nitro groups is 1. The summed E-state index contributed by atoms with van der Waals surface area (Å²) in [4.78, 5) is 10.4. The molecule has 1 atom stereocenters. The lowest BCUT2D eigenvalue weighted by Gasteiger charge is -2.22. The molecule has 6 heteroatoms. The molecule has 0 radical (unpaired) electrons. The van der Waals surface area contributed by atoms with Crippen molar-refractivity contribution in [3.8, 4) is 11.5 Å². The van der Waals surface area contributed by atoms with Gasteiger partial charge < -0.3 is 14.8 Å². The van der Waals surface area contributed by atoms with Crippen molar-refractivity contribution in [2.24, 2.45) is 5.92 Å². The summed E-state index contributed by atoms with van der Waals surface area (Å²) in [6.45, 7) is 4.84. The Morgan fingerprint density at radius 1 is 1.45 bits per heavy atom. The molecule has 0 spiro atoms. The second kappa shape index (κ2) is 7.09. The zero-order valence-electron chi connectivity index (χ0n) is 11.6. The molecule has 1 unspecified atom stereocenters. The van der Waals surface area contributed by atoms with Crippen molar-refractivity contribution in [2.45, 2.75) is 19.8 Å². The van der Waals surface area contributed by atoms with Crippen molar-refractivity contribution < 1.29 is 14.4 Å². The Balaban J connectivity index is 2.00. The number of benzene rings is 1. The highest BCUT2D eigenvalue weighted by Crippen LogP contribution is 2.31. The van der Waals surface area contributed by atoms with Gasteiger partial charge in [-0.15, -0.1) is 0 Å². The van der Waals surface area contributed by atoms with Crippen molar-refractivity contribution in [2.75, 3.05) is 26.3 Å². The van der Waals surface area contributed by atoms with Crippen molar-refractivity contribution in [1.82, 2.24) is 5.32 Å². The fraction of sp³-hybridized carbons (Fsp3) is 0.571. The molecule has 1 aliphatic rings. The van der Waals surface area contributed by atoms with Crippen LogP contribution < -0.4 is 14.8 Å². The highest BCUT2D eigenvalue weighted by atomic mass is 16.6. The second-order valence-corrected chi connectivity index (χ2v) is 4.84. The van der Waals surface area contributed by atoms with E-state index in [2.05, 4.69) is 5.32 Å². The van der Waals surface area contributed by atoms with E-state index in [1.54, 1.807) is 19.1 Å². The molecule has 1 fully saturated rings. The quantitative estimate of drug-likeness (QED) is 0.639. The summed E-state index contributed by atoms with van der Waals surface area (Å²) < 4.78 is 11.0. The minimum Gasteiger partial charge on any atom is -0.493 e. The molecule has 0 aromatic heterocycles. The van der Waals surface area contributed by atoms with Gasteiger partial charge in [-0.1, -0.05) is 0 Å². The van der Waals surface area contributed by atoms with Crippen LogP contribution in [0.15, 0.2) is 18.2 Å². The van der Waals surface area contributed by atoms with Crippen LogP contribution in [0.25, 0.3) is 0 Å². The van der Waals surface area contributed by atoms with Crippen LogP contribution in [-0.4, -0.2) is 31.2 Å². The van der Waals surface area contributed by atoms with E-state index < -0.39 is 4.92 Å². The van der Waals surface area contributed by atoms with Gasteiger partial charge in [0.1, 0.15) is 5.75 Å². The Bertz CT molecular complexity index is 458. The van der Waals surface area contributed by atoms with Gasteiger partial charge in [-0.3, -0.25) is 10.1 Å². The van der Waals surface area contributed by atoms with Crippen LogP contribution in [0.4, 0.5) is 5.69 Å².